The molecule has 0 bridgehead atoms. The number of benzene rings is 1. The molecule has 2 unspecified atom stereocenters. The number of halogens is 1. The first-order chi connectivity index (χ1) is 15.1. The monoisotopic (exact) mass is 461 g/mol. The molecule has 1 aromatic rings. The Hall–Kier alpha value is -3.27. The van der Waals surface area contributed by atoms with Crippen LogP contribution in [0.4, 0.5) is 0 Å². The first-order valence-electron chi connectivity index (χ1n) is 10.1. The summed E-state index contributed by atoms with van der Waals surface area (Å²) in [7, 11) is 4.36. The number of hydrogen-bond acceptors (Lipinski definition) is 6. The number of rotatable bonds is 4. The van der Waals surface area contributed by atoms with Crippen LogP contribution in [0.1, 0.15) is 18.4 Å². The Morgan fingerprint density at radius 2 is 1.91 bits per heavy atom. The largest absolute Gasteiger partial charge is 0.350 e. The van der Waals surface area contributed by atoms with Crippen molar-refractivity contribution in [3.05, 3.63) is 34.9 Å². The van der Waals surface area contributed by atoms with Crippen LogP contribution in [0.5, 0.6) is 0 Å². The molecule has 0 aliphatic carbocycles. The van der Waals surface area contributed by atoms with Crippen LogP contribution in [-0.2, 0) is 30.5 Å². The lowest BCUT2D eigenvalue weighted by atomic mass is 9.98. The van der Waals surface area contributed by atoms with Gasteiger partial charge in [-0.15, -0.1) is 0 Å². The van der Waals surface area contributed by atoms with Crippen LogP contribution < -0.4 is 5.32 Å². The van der Waals surface area contributed by atoms with Crippen molar-refractivity contribution in [2.45, 2.75) is 31.5 Å². The number of fused-ring (bicyclic) bond motifs is 1. The summed E-state index contributed by atoms with van der Waals surface area (Å²) in [5, 5.41) is 3.11. The van der Waals surface area contributed by atoms with Gasteiger partial charge in [-0.2, -0.15) is 0 Å². The highest BCUT2D eigenvalue weighted by Gasteiger charge is 2.46. The number of likely N-dealkylation sites (N-methyl/N-ethyl adjacent to an activating group) is 2. The van der Waals surface area contributed by atoms with E-state index in [1.54, 1.807) is 24.3 Å². The van der Waals surface area contributed by atoms with Gasteiger partial charge in [-0.3, -0.25) is 28.9 Å². The first kappa shape index (κ1) is 23.4. The van der Waals surface area contributed by atoms with Crippen LogP contribution in [0, 0.1) is 0 Å². The maximum Gasteiger partial charge on any atom is 0.312 e. The lowest BCUT2D eigenvalue weighted by Crippen LogP contribution is -2.62. The normalized spacial score (nSPS) is 20.2. The summed E-state index contributed by atoms with van der Waals surface area (Å²) in [5.74, 6) is -3.85. The van der Waals surface area contributed by atoms with Gasteiger partial charge in [0, 0.05) is 39.3 Å². The SMILES string of the molecule is CN(C)C(=O)C(=O)N(C)C1CCCN2C(=O)C(=O)C(C(=O)NCc3cccc(Cl)c3)N=C12. The quantitative estimate of drug-likeness (QED) is 0.493. The summed E-state index contributed by atoms with van der Waals surface area (Å²) in [6, 6.07) is 4.59. The number of amides is 4. The summed E-state index contributed by atoms with van der Waals surface area (Å²) >= 11 is 5.94. The van der Waals surface area contributed by atoms with Crippen molar-refractivity contribution < 1.29 is 24.0 Å². The zero-order chi connectivity index (χ0) is 23.6. The predicted molar refractivity (Wildman–Crippen MR) is 116 cm³/mol. The van der Waals surface area contributed by atoms with Gasteiger partial charge < -0.3 is 15.1 Å². The average Bonchev–Trinajstić information content (AvgIpc) is 2.77. The standard InChI is InChI=1S/C21H24ClN5O5/c1-25(2)20(31)21(32)26(3)14-8-5-9-27-17(14)24-15(16(28)19(27)30)18(29)23-11-12-6-4-7-13(22)10-12/h4,6-7,10,14-15H,5,8-9,11H2,1-3H3,(H,23,29). The molecule has 11 heteroatoms. The van der Waals surface area contributed by atoms with Crippen molar-refractivity contribution in [1.29, 1.82) is 0 Å². The van der Waals surface area contributed by atoms with Crippen molar-refractivity contribution >= 4 is 46.8 Å². The Morgan fingerprint density at radius 3 is 2.56 bits per heavy atom. The molecule has 170 valence electrons. The van der Waals surface area contributed by atoms with E-state index in [1.807, 2.05) is 0 Å². The van der Waals surface area contributed by atoms with E-state index in [1.165, 1.54) is 30.9 Å². The third kappa shape index (κ3) is 4.64. The van der Waals surface area contributed by atoms with Crippen LogP contribution in [-0.4, -0.2) is 89.7 Å². The molecule has 0 saturated carbocycles. The van der Waals surface area contributed by atoms with Gasteiger partial charge in [-0.1, -0.05) is 23.7 Å². The molecule has 4 amide bonds. The number of nitrogens with one attached hydrogen (secondary N) is 1. The summed E-state index contributed by atoms with van der Waals surface area (Å²) in [6.45, 7) is 0.353. The lowest BCUT2D eigenvalue weighted by Gasteiger charge is -2.40. The third-order valence-electron chi connectivity index (χ3n) is 5.38. The number of carbonyl (C=O) groups is 5. The molecule has 2 aliphatic rings. The fourth-order valence-corrected chi connectivity index (χ4v) is 3.84. The van der Waals surface area contributed by atoms with E-state index >= 15 is 0 Å². The fraction of sp³-hybridized carbons (Fsp3) is 0.429. The van der Waals surface area contributed by atoms with E-state index in [2.05, 4.69) is 10.3 Å². The zero-order valence-corrected chi connectivity index (χ0v) is 18.8. The Kier molecular flexibility index (Phi) is 6.93. The van der Waals surface area contributed by atoms with Gasteiger partial charge in [0.05, 0.1) is 6.04 Å². The van der Waals surface area contributed by atoms with Crippen LogP contribution in [0.3, 0.4) is 0 Å². The molecule has 2 heterocycles. The average molecular weight is 462 g/mol. The molecule has 3 rings (SSSR count). The van der Waals surface area contributed by atoms with Gasteiger partial charge in [0.25, 0.3) is 17.6 Å². The first-order valence-corrected chi connectivity index (χ1v) is 10.4. The van der Waals surface area contributed by atoms with Gasteiger partial charge in [0.2, 0.25) is 0 Å². The Balaban J connectivity index is 1.83. The second-order valence-electron chi connectivity index (χ2n) is 7.83. The maximum absolute atomic E-state index is 12.7. The Morgan fingerprint density at radius 1 is 1.19 bits per heavy atom. The second kappa shape index (κ2) is 9.47. The van der Waals surface area contributed by atoms with E-state index in [9.17, 15) is 24.0 Å². The minimum atomic E-state index is -1.55. The summed E-state index contributed by atoms with van der Waals surface area (Å²) < 4.78 is 0. The summed E-state index contributed by atoms with van der Waals surface area (Å²) in [6.07, 6.45) is 0.957. The van der Waals surface area contributed by atoms with Crippen LogP contribution in [0.25, 0.3) is 0 Å². The van der Waals surface area contributed by atoms with Gasteiger partial charge in [0.15, 0.2) is 6.04 Å². The van der Waals surface area contributed by atoms with Crippen molar-refractivity contribution in [2.24, 2.45) is 4.99 Å². The van der Waals surface area contributed by atoms with E-state index in [4.69, 9.17) is 11.6 Å². The van der Waals surface area contributed by atoms with Crippen LogP contribution in [0.2, 0.25) is 5.02 Å². The smallest absolute Gasteiger partial charge is 0.312 e. The predicted octanol–water partition coefficient (Wildman–Crippen LogP) is -0.156. The minimum absolute atomic E-state index is 0.102. The number of carbonyl (C=O) groups excluding carboxylic acids is 5. The third-order valence-corrected chi connectivity index (χ3v) is 5.62. The number of amidine groups is 1. The van der Waals surface area contributed by atoms with Crippen molar-refractivity contribution in [2.75, 3.05) is 27.7 Å². The molecule has 1 aromatic carbocycles. The minimum Gasteiger partial charge on any atom is -0.350 e. The van der Waals surface area contributed by atoms with Gasteiger partial charge in [0.1, 0.15) is 5.84 Å². The molecule has 2 atom stereocenters. The maximum atomic E-state index is 12.7. The second-order valence-corrected chi connectivity index (χ2v) is 8.27. The van der Waals surface area contributed by atoms with Gasteiger partial charge >= 0.3 is 11.8 Å². The number of piperidine rings is 1. The topological polar surface area (TPSA) is 119 Å². The lowest BCUT2D eigenvalue weighted by molar-refractivity contribution is -0.151. The highest BCUT2D eigenvalue weighted by Crippen LogP contribution is 2.23. The van der Waals surface area contributed by atoms with Crippen molar-refractivity contribution in [3.63, 3.8) is 0 Å². The molecule has 0 spiro atoms. The highest BCUT2D eigenvalue weighted by molar-refractivity contribution is 6.46. The molecule has 0 aromatic heterocycles. The highest BCUT2D eigenvalue weighted by atomic mass is 35.5. The number of nitrogens with zero attached hydrogens (tertiary/aromatic N) is 4. The Bertz CT molecular complexity index is 1010. The van der Waals surface area contributed by atoms with E-state index in [0.717, 1.165) is 10.5 Å². The van der Waals surface area contributed by atoms with Gasteiger partial charge in [-0.25, -0.2) is 4.99 Å². The Labute approximate surface area is 190 Å². The molecule has 1 N–H and O–H groups in total. The number of hydrogen-bond donors (Lipinski definition) is 1. The molecule has 1 fully saturated rings. The van der Waals surface area contributed by atoms with E-state index in [0.29, 0.717) is 17.9 Å². The molecule has 10 nitrogen and oxygen atoms in total. The van der Waals surface area contributed by atoms with Crippen molar-refractivity contribution in [1.82, 2.24) is 20.0 Å². The number of aliphatic imine (C=N–C) groups is 1. The molecular weight excluding hydrogens is 438 g/mol. The molecule has 1 saturated heterocycles. The zero-order valence-electron chi connectivity index (χ0n) is 18.0. The van der Waals surface area contributed by atoms with E-state index in [-0.39, 0.29) is 18.9 Å². The number of Topliss-reactive ketones (excluding diaryl/α,β-unsaturated/α-hetero) is 1. The molecule has 0 radical (unpaired) electrons. The van der Waals surface area contributed by atoms with Gasteiger partial charge in [-0.05, 0) is 30.5 Å². The fourth-order valence-electron chi connectivity index (χ4n) is 3.63. The molecule has 2 aliphatic heterocycles. The number of ketones is 1. The molecule has 32 heavy (non-hydrogen) atoms. The van der Waals surface area contributed by atoms with E-state index < -0.39 is 41.5 Å². The summed E-state index contributed by atoms with van der Waals surface area (Å²) in [5.41, 5.74) is 0.720. The van der Waals surface area contributed by atoms with Crippen LogP contribution >= 0.6 is 11.6 Å². The molecular formula is C21H24ClN5O5. The van der Waals surface area contributed by atoms with Crippen molar-refractivity contribution in [3.8, 4) is 0 Å². The summed E-state index contributed by atoms with van der Waals surface area (Å²) in [4.78, 5) is 70.4. The van der Waals surface area contributed by atoms with Crippen LogP contribution in [0.15, 0.2) is 29.3 Å².